The summed E-state index contributed by atoms with van der Waals surface area (Å²) in [5, 5.41) is 2.60. The predicted molar refractivity (Wildman–Crippen MR) is 89.2 cm³/mol. The molecule has 0 unspecified atom stereocenters. The molecule has 6 heteroatoms. The molecule has 1 atom stereocenters. The summed E-state index contributed by atoms with van der Waals surface area (Å²) in [6, 6.07) is 8.99. The Hall–Kier alpha value is -2.37. The fourth-order valence-electron chi connectivity index (χ4n) is 3.31. The third-order valence-corrected chi connectivity index (χ3v) is 4.62. The van der Waals surface area contributed by atoms with Crippen molar-refractivity contribution in [3.8, 4) is 0 Å². The lowest BCUT2D eigenvalue weighted by Crippen LogP contribution is -2.53. The number of amides is 2. The van der Waals surface area contributed by atoms with Crippen molar-refractivity contribution in [3.05, 3.63) is 35.9 Å². The number of carbonyl (C=O) groups excluding carboxylic acids is 3. The van der Waals surface area contributed by atoms with Gasteiger partial charge in [0.2, 0.25) is 11.8 Å². The summed E-state index contributed by atoms with van der Waals surface area (Å²) < 4.78 is 5.04. The van der Waals surface area contributed by atoms with E-state index in [9.17, 15) is 14.4 Å². The first-order valence-electron chi connectivity index (χ1n) is 8.10. The monoisotopic (exact) mass is 332 g/mol. The Kier molecular flexibility index (Phi) is 5.59. The molecule has 1 N–H and O–H groups in total. The Morgan fingerprint density at radius 3 is 2.25 bits per heavy atom. The third kappa shape index (κ3) is 3.58. The van der Waals surface area contributed by atoms with Crippen molar-refractivity contribution in [2.24, 2.45) is 0 Å². The van der Waals surface area contributed by atoms with Crippen molar-refractivity contribution in [2.45, 2.75) is 38.1 Å². The topological polar surface area (TPSA) is 75.7 Å². The number of likely N-dealkylation sites (tertiary alicyclic amines) is 1. The van der Waals surface area contributed by atoms with E-state index in [4.69, 9.17) is 4.74 Å². The first-order valence-corrected chi connectivity index (χ1v) is 8.10. The predicted octanol–water partition coefficient (Wildman–Crippen LogP) is 1.24. The SMILES string of the molecule is COC(=O)C1(c2ccccc2)CCN(C(=O)[C@H](C)NC(C)=O)CC1. The number of nitrogens with zero attached hydrogens (tertiary/aromatic N) is 1. The molecule has 1 aromatic carbocycles. The van der Waals surface area contributed by atoms with Gasteiger partial charge >= 0.3 is 5.97 Å². The number of piperidine rings is 1. The molecule has 0 saturated carbocycles. The van der Waals surface area contributed by atoms with Crippen LogP contribution in [0.5, 0.6) is 0 Å². The van der Waals surface area contributed by atoms with Crippen LogP contribution in [0.3, 0.4) is 0 Å². The molecule has 0 radical (unpaired) electrons. The molecule has 0 aromatic heterocycles. The van der Waals surface area contributed by atoms with Crippen LogP contribution in [0.15, 0.2) is 30.3 Å². The maximum absolute atomic E-state index is 12.5. The van der Waals surface area contributed by atoms with Gasteiger partial charge in [-0.15, -0.1) is 0 Å². The Labute approximate surface area is 142 Å². The zero-order chi connectivity index (χ0) is 17.7. The van der Waals surface area contributed by atoms with Crippen molar-refractivity contribution in [3.63, 3.8) is 0 Å². The van der Waals surface area contributed by atoms with Crippen LogP contribution in [-0.2, 0) is 24.5 Å². The molecular weight excluding hydrogens is 308 g/mol. The summed E-state index contributed by atoms with van der Waals surface area (Å²) in [6.45, 7) is 3.96. The van der Waals surface area contributed by atoms with Crippen molar-refractivity contribution in [1.82, 2.24) is 10.2 Å². The molecule has 6 nitrogen and oxygen atoms in total. The lowest BCUT2D eigenvalue weighted by molar-refractivity contribution is -0.152. The van der Waals surface area contributed by atoms with E-state index >= 15 is 0 Å². The summed E-state index contributed by atoms with van der Waals surface area (Å²) >= 11 is 0. The van der Waals surface area contributed by atoms with E-state index in [-0.39, 0.29) is 17.8 Å². The molecule has 2 amide bonds. The molecule has 0 bridgehead atoms. The highest BCUT2D eigenvalue weighted by Gasteiger charge is 2.45. The van der Waals surface area contributed by atoms with Gasteiger partial charge in [0.15, 0.2) is 0 Å². The van der Waals surface area contributed by atoms with Gasteiger partial charge in [0.25, 0.3) is 0 Å². The number of carbonyl (C=O) groups is 3. The first kappa shape index (κ1) is 18.0. The molecule has 1 aromatic rings. The summed E-state index contributed by atoms with van der Waals surface area (Å²) in [7, 11) is 1.39. The largest absolute Gasteiger partial charge is 0.468 e. The van der Waals surface area contributed by atoms with Gasteiger partial charge in [-0.2, -0.15) is 0 Å². The fraction of sp³-hybridized carbons (Fsp3) is 0.500. The Bertz CT molecular complexity index is 607. The average molecular weight is 332 g/mol. The van der Waals surface area contributed by atoms with Gasteiger partial charge in [0, 0.05) is 20.0 Å². The smallest absolute Gasteiger partial charge is 0.316 e. The van der Waals surface area contributed by atoms with Gasteiger partial charge in [-0.3, -0.25) is 14.4 Å². The maximum Gasteiger partial charge on any atom is 0.316 e. The minimum atomic E-state index is -0.718. The van der Waals surface area contributed by atoms with E-state index < -0.39 is 11.5 Å². The van der Waals surface area contributed by atoms with Crippen LogP contribution in [0.4, 0.5) is 0 Å². The van der Waals surface area contributed by atoms with Crippen LogP contribution in [0, 0.1) is 0 Å². The summed E-state index contributed by atoms with van der Waals surface area (Å²) in [6.07, 6.45) is 1.00. The van der Waals surface area contributed by atoms with Gasteiger partial charge in [-0.25, -0.2) is 0 Å². The zero-order valence-corrected chi connectivity index (χ0v) is 14.4. The van der Waals surface area contributed by atoms with E-state index in [0.717, 1.165) is 5.56 Å². The number of ether oxygens (including phenoxy) is 1. The number of benzene rings is 1. The second-order valence-electron chi connectivity index (χ2n) is 6.19. The van der Waals surface area contributed by atoms with E-state index in [1.165, 1.54) is 14.0 Å². The van der Waals surface area contributed by atoms with Crippen molar-refractivity contribution in [1.29, 1.82) is 0 Å². The standard InChI is InChI=1S/C18H24N2O4/c1-13(19-14(2)21)16(22)20-11-9-18(10-12-20,17(23)24-3)15-7-5-4-6-8-15/h4-8,13H,9-12H2,1-3H3,(H,19,21)/t13-/m0/s1. The highest BCUT2D eigenvalue weighted by molar-refractivity contribution is 5.87. The molecule has 0 aliphatic carbocycles. The summed E-state index contributed by atoms with van der Waals surface area (Å²) in [5.41, 5.74) is 0.197. The third-order valence-electron chi connectivity index (χ3n) is 4.62. The number of hydrogen-bond donors (Lipinski definition) is 1. The van der Waals surface area contributed by atoms with Gasteiger partial charge in [-0.05, 0) is 25.3 Å². The molecule has 1 heterocycles. The van der Waals surface area contributed by atoms with E-state index in [0.29, 0.717) is 25.9 Å². The molecule has 0 spiro atoms. The molecule has 130 valence electrons. The maximum atomic E-state index is 12.5. The molecule has 1 aliphatic heterocycles. The highest BCUT2D eigenvalue weighted by atomic mass is 16.5. The summed E-state index contributed by atoms with van der Waals surface area (Å²) in [4.78, 5) is 37.7. The molecular formula is C18H24N2O4. The Morgan fingerprint density at radius 2 is 1.75 bits per heavy atom. The normalized spacial score (nSPS) is 17.7. The van der Waals surface area contributed by atoms with Crippen LogP contribution in [0.1, 0.15) is 32.3 Å². The average Bonchev–Trinajstić information content (AvgIpc) is 2.60. The quantitative estimate of drug-likeness (QED) is 0.842. The van der Waals surface area contributed by atoms with Crippen LogP contribution in [0.25, 0.3) is 0 Å². The van der Waals surface area contributed by atoms with Gasteiger partial charge in [0.05, 0.1) is 12.5 Å². The van der Waals surface area contributed by atoms with Crippen LogP contribution >= 0.6 is 0 Å². The Balaban J connectivity index is 2.14. The molecule has 1 saturated heterocycles. The number of hydrogen-bond acceptors (Lipinski definition) is 4. The summed E-state index contributed by atoms with van der Waals surface area (Å²) in [5.74, 6) is -0.631. The minimum Gasteiger partial charge on any atom is -0.468 e. The molecule has 24 heavy (non-hydrogen) atoms. The van der Waals surface area contributed by atoms with Gasteiger partial charge < -0.3 is 15.0 Å². The second kappa shape index (κ2) is 7.47. The van der Waals surface area contributed by atoms with E-state index in [1.807, 2.05) is 30.3 Å². The number of nitrogens with one attached hydrogen (secondary N) is 1. The number of esters is 1. The van der Waals surface area contributed by atoms with Crippen LogP contribution in [0.2, 0.25) is 0 Å². The Morgan fingerprint density at radius 1 is 1.17 bits per heavy atom. The lowest BCUT2D eigenvalue weighted by atomic mass is 9.72. The minimum absolute atomic E-state index is 0.128. The molecule has 1 aliphatic rings. The molecule has 2 rings (SSSR count). The zero-order valence-electron chi connectivity index (χ0n) is 14.4. The van der Waals surface area contributed by atoms with Crippen LogP contribution in [-0.4, -0.2) is 48.9 Å². The second-order valence-corrected chi connectivity index (χ2v) is 6.19. The van der Waals surface area contributed by atoms with Crippen molar-refractivity contribution >= 4 is 17.8 Å². The van der Waals surface area contributed by atoms with Gasteiger partial charge in [0.1, 0.15) is 6.04 Å². The molecule has 1 fully saturated rings. The van der Waals surface area contributed by atoms with E-state index in [1.54, 1.807) is 11.8 Å². The van der Waals surface area contributed by atoms with Crippen molar-refractivity contribution < 1.29 is 19.1 Å². The van der Waals surface area contributed by atoms with Crippen molar-refractivity contribution in [2.75, 3.05) is 20.2 Å². The van der Waals surface area contributed by atoms with Gasteiger partial charge in [-0.1, -0.05) is 30.3 Å². The first-order chi connectivity index (χ1) is 11.4. The van der Waals surface area contributed by atoms with E-state index in [2.05, 4.69) is 5.32 Å². The van der Waals surface area contributed by atoms with Crippen LogP contribution < -0.4 is 5.32 Å². The highest BCUT2D eigenvalue weighted by Crippen LogP contribution is 2.36. The fourth-order valence-corrected chi connectivity index (χ4v) is 3.31. The number of rotatable bonds is 4. The lowest BCUT2D eigenvalue weighted by Gasteiger charge is -2.40. The number of methoxy groups -OCH3 is 1.